The molecular weight excluding hydrogens is 318 g/mol. The van der Waals surface area contributed by atoms with Gasteiger partial charge in [0.15, 0.2) is 0 Å². The average Bonchev–Trinajstić information content (AvgIpc) is 3.08. The number of carbonyl (C=O) groups is 2. The topological polar surface area (TPSA) is 66.8 Å². The highest BCUT2D eigenvalue weighted by Gasteiger charge is 2.46. The van der Waals surface area contributed by atoms with E-state index in [-0.39, 0.29) is 19.1 Å². The second-order valence-corrected chi connectivity index (χ2v) is 7.45. The molecule has 5 nitrogen and oxygen atoms in total. The molecule has 1 amide bonds. The van der Waals surface area contributed by atoms with Crippen LogP contribution >= 0.6 is 0 Å². The maximum atomic E-state index is 12.7. The molecule has 1 aromatic carbocycles. The summed E-state index contributed by atoms with van der Waals surface area (Å²) in [7, 11) is 1.50. The molecule has 1 saturated carbocycles. The van der Waals surface area contributed by atoms with Crippen LogP contribution in [0.25, 0.3) is 0 Å². The summed E-state index contributed by atoms with van der Waals surface area (Å²) in [6.07, 6.45) is 6.80. The minimum absolute atomic E-state index is 0.0885. The van der Waals surface area contributed by atoms with Gasteiger partial charge in [0.25, 0.3) is 5.91 Å². The maximum absolute atomic E-state index is 12.7. The SMILES string of the molecule is COCC1(C(=O)O)CCN(C(=O)c2ccc(C3CCCCC3)cc2)C1. The highest BCUT2D eigenvalue weighted by Crippen LogP contribution is 2.34. The Bertz CT molecular complexity index is 621. The Morgan fingerprint density at radius 2 is 1.88 bits per heavy atom. The molecule has 2 aliphatic rings. The van der Waals surface area contributed by atoms with Crippen LogP contribution < -0.4 is 0 Å². The number of hydrogen-bond acceptors (Lipinski definition) is 3. The first-order valence-corrected chi connectivity index (χ1v) is 9.17. The number of carboxylic acids is 1. The number of likely N-dealkylation sites (tertiary alicyclic amines) is 1. The van der Waals surface area contributed by atoms with Gasteiger partial charge in [-0.25, -0.2) is 0 Å². The largest absolute Gasteiger partial charge is 0.481 e. The molecule has 1 unspecified atom stereocenters. The number of amides is 1. The molecule has 1 saturated heterocycles. The van der Waals surface area contributed by atoms with E-state index >= 15 is 0 Å². The lowest BCUT2D eigenvalue weighted by Gasteiger charge is -2.24. The summed E-state index contributed by atoms with van der Waals surface area (Å²) >= 11 is 0. The quantitative estimate of drug-likeness (QED) is 0.889. The number of ether oxygens (including phenoxy) is 1. The van der Waals surface area contributed by atoms with Gasteiger partial charge in [0.1, 0.15) is 5.41 Å². The van der Waals surface area contributed by atoms with E-state index in [1.54, 1.807) is 4.90 Å². The molecule has 5 heteroatoms. The molecule has 1 aliphatic heterocycles. The number of carbonyl (C=O) groups excluding carboxylic acids is 1. The molecular formula is C20H27NO4. The van der Waals surface area contributed by atoms with Crippen LogP contribution in [0.15, 0.2) is 24.3 Å². The summed E-state index contributed by atoms with van der Waals surface area (Å²) in [4.78, 5) is 26.0. The van der Waals surface area contributed by atoms with Crippen LogP contribution in [0.5, 0.6) is 0 Å². The summed E-state index contributed by atoms with van der Waals surface area (Å²) in [5.41, 5.74) is 0.974. The van der Waals surface area contributed by atoms with Crippen molar-refractivity contribution in [3.8, 4) is 0 Å². The Labute approximate surface area is 149 Å². The number of methoxy groups -OCH3 is 1. The number of rotatable bonds is 5. The first kappa shape index (κ1) is 17.9. The van der Waals surface area contributed by atoms with Gasteiger partial charge in [-0.2, -0.15) is 0 Å². The predicted octanol–water partition coefficient (Wildman–Crippen LogP) is 3.30. The van der Waals surface area contributed by atoms with Gasteiger partial charge in [-0.1, -0.05) is 31.4 Å². The van der Waals surface area contributed by atoms with Crippen molar-refractivity contribution >= 4 is 11.9 Å². The molecule has 1 aromatic rings. The van der Waals surface area contributed by atoms with E-state index in [1.807, 2.05) is 12.1 Å². The standard InChI is InChI=1S/C20H27NO4/c1-25-14-20(19(23)24)11-12-21(13-20)18(22)17-9-7-16(8-10-17)15-5-3-2-4-6-15/h7-10,15H,2-6,11-14H2,1H3,(H,23,24). The van der Waals surface area contributed by atoms with Gasteiger partial charge in [0.2, 0.25) is 0 Å². The zero-order valence-corrected chi connectivity index (χ0v) is 14.9. The molecule has 1 N–H and O–H groups in total. The van der Waals surface area contributed by atoms with Crippen LogP contribution in [0.3, 0.4) is 0 Å². The normalized spacial score (nSPS) is 24.4. The van der Waals surface area contributed by atoms with E-state index in [9.17, 15) is 14.7 Å². The van der Waals surface area contributed by atoms with Crippen LogP contribution in [-0.4, -0.2) is 48.7 Å². The molecule has 0 bridgehead atoms. The van der Waals surface area contributed by atoms with Crippen molar-refractivity contribution < 1.29 is 19.4 Å². The molecule has 0 aromatic heterocycles. The van der Waals surface area contributed by atoms with Crippen molar-refractivity contribution in [2.45, 2.75) is 44.4 Å². The third-order valence-corrected chi connectivity index (χ3v) is 5.75. The Balaban J connectivity index is 1.68. The fraction of sp³-hybridized carbons (Fsp3) is 0.600. The Morgan fingerprint density at radius 3 is 2.48 bits per heavy atom. The smallest absolute Gasteiger partial charge is 0.313 e. The lowest BCUT2D eigenvalue weighted by atomic mass is 9.84. The summed E-state index contributed by atoms with van der Waals surface area (Å²) in [5.74, 6) is -0.363. The summed E-state index contributed by atoms with van der Waals surface area (Å²) in [6, 6.07) is 7.92. The maximum Gasteiger partial charge on any atom is 0.313 e. The van der Waals surface area contributed by atoms with Crippen LogP contribution in [0.1, 0.15) is 60.4 Å². The molecule has 25 heavy (non-hydrogen) atoms. The van der Waals surface area contributed by atoms with Gasteiger partial charge in [-0.05, 0) is 42.9 Å². The van der Waals surface area contributed by atoms with Gasteiger partial charge in [0, 0.05) is 25.8 Å². The minimum Gasteiger partial charge on any atom is -0.481 e. The van der Waals surface area contributed by atoms with Crippen LogP contribution in [-0.2, 0) is 9.53 Å². The number of hydrogen-bond donors (Lipinski definition) is 1. The van der Waals surface area contributed by atoms with E-state index < -0.39 is 11.4 Å². The molecule has 0 spiro atoms. The Hall–Kier alpha value is -1.88. The second-order valence-electron chi connectivity index (χ2n) is 7.45. The molecule has 136 valence electrons. The van der Waals surface area contributed by atoms with Crippen molar-refractivity contribution in [3.05, 3.63) is 35.4 Å². The lowest BCUT2D eigenvalue weighted by molar-refractivity contribution is -0.151. The number of carboxylic acid groups (broad SMARTS) is 1. The molecule has 1 aliphatic carbocycles. The van der Waals surface area contributed by atoms with E-state index in [0.717, 1.165) is 0 Å². The van der Waals surface area contributed by atoms with Gasteiger partial charge >= 0.3 is 5.97 Å². The van der Waals surface area contributed by atoms with Crippen molar-refractivity contribution in [1.29, 1.82) is 0 Å². The summed E-state index contributed by atoms with van der Waals surface area (Å²) in [6.45, 7) is 0.797. The van der Waals surface area contributed by atoms with E-state index in [0.29, 0.717) is 24.4 Å². The highest BCUT2D eigenvalue weighted by atomic mass is 16.5. The molecule has 0 radical (unpaired) electrons. The van der Waals surface area contributed by atoms with Gasteiger partial charge in [0.05, 0.1) is 6.61 Å². The molecule has 3 rings (SSSR count). The van der Waals surface area contributed by atoms with Gasteiger partial charge in [-0.3, -0.25) is 9.59 Å². The number of benzene rings is 1. The van der Waals surface area contributed by atoms with Crippen molar-refractivity contribution in [3.63, 3.8) is 0 Å². The Kier molecular flexibility index (Phi) is 5.42. The number of aliphatic carboxylic acids is 1. The fourth-order valence-corrected chi connectivity index (χ4v) is 4.19. The third kappa shape index (κ3) is 3.71. The molecule has 2 fully saturated rings. The van der Waals surface area contributed by atoms with Crippen LogP contribution in [0, 0.1) is 5.41 Å². The van der Waals surface area contributed by atoms with Crippen molar-refractivity contribution in [1.82, 2.24) is 4.90 Å². The van der Waals surface area contributed by atoms with Gasteiger partial charge in [-0.15, -0.1) is 0 Å². The third-order valence-electron chi connectivity index (χ3n) is 5.75. The van der Waals surface area contributed by atoms with E-state index in [2.05, 4.69) is 12.1 Å². The monoisotopic (exact) mass is 345 g/mol. The number of nitrogens with zero attached hydrogens (tertiary/aromatic N) is 1. The first-order chi connectivity index (χ1) is 12.1. The van der Waals surface area contributed by atoms with E-state index in [1.165, 1.54) is 44.8 Å². The van der Waals surface area contributed by atoms with Crippen LogP contribution in [0.2, 0.25) is 0 Å². The predicted molar refractivity (Wildman–Crippen MR) is 94.7 cm³/mol. The molecule has 1 atom stereocenters. The van der Waals surface area contributed by atoms with Crippen molar-refractivity contribution in [2.24, 2.45) is 5.41 Å². The fourth-order valence-electron chi connectivity index (χ4n) is 4.19. The minimum atomic E-state index is -0.980. The summed E-state index contributed by atoms with van der Waals surface area (Å²) < 4.78 is 5.09. The molecule has 1 heterocycles. The average molecular weight is 345 g/mol. The lowest BCUT2D eigenvalue weighted by Crippen LogP contribution is -2.40. The van der Waals surface area contributed by atoms with Crippen LogP contribution in [0.4, 0.5) is 0 Å². The van der Waals surface area contributed by atoms with Gasteiger partial charge < -0.3 is 14.7 Å². The Morgan fingerprint density at radius 1 is 1.20 bits per heavy atom. The first-order valence-electron chi connectivity index (χ1n) is 9.17. The summed E-state index contributed by atoms with van der Waals surface area (Å²) in [5, 5.41) is 9.53. The zero-order valence-electron chi connectivity index (χ0n) is 14.9. The zero-order chi connectivity index (χ0) is 17.9. The van der Waals surface area contributed by atoms with Crippen molar-refractivity contribution in [2.75, 3.05) is 26.8 Å². The van der Waals surface area contributed by atoms with E-state index in [4.69, 9.17) is 4.74 Å². The second kappa shape index (κ2) is 7.56. The highest BCUT2D eigenvalue weighted by molar-refractivity contribution is 5.95.